The first-order valence-corrected chi connectivity index (χ1v) is 5.85. The first-order valence-electron chi connectivity index (χ1n) is 5.85. The molecule has 2 nitrogen and oxygen atoms in total. The van der Waals surface area contributed by atoms with Gasteiger partial charge >= 0.3 is 6.18 Å². The van der Waals surface area contributed by atoms with Crippen LogP contribution in [-0.2, 0) is 0 Å². The van der Waals surface area contributed by atoms with Crippen LogP contribution < -0.4 is 10.5 Å². The molecule has 0 aliphatic heterocycles. The molecule has 0 aromatic heterocycles. The van der Waals surface area contributed by atoms with E-state index in [1.54, 1.807) is 12.1 Å². The summed E-state index contributed by atoms with van der Waals surface area (Å²) in [5.74, 6) is 0.165. The molecule has 0 fully saturated rings. The van der Waals surface area contributed by atoms with E-state index in [-0.39, 0.29) is 5.75 Å². The highest BCUT2D eigenvalue weighted by Crippen LogP contribution is 2.28. The molecule has 0 saturated heterocycles. The SMILES string of the molecule is CC(N)C(Oc1ccc2ccccc2c1)C(F)(F)F. The van der Waals surface area contributed by atoms with Crippen LogP contribution in [-0.4, -0.2) is 18.3 Å². The zero-order chi connectivity index (χ0) is 14.0. The lowest BCUT2D eigenvalue weighted by atomic mass is 10.1. The second-order valence-corrected chi connectivity index (χ2v) is 4.45. The van der Waals surface area contributed by atoms with Gasteiger partial charge in [0.05, 0.1) is 0 Å². The molecule has 2 N–H and O–H groups in total. The molecule has 5 heteroatoms. The van der Waals surface area contributed by atoms with Crippen molar-refractivity contribution in [2.75, 3.05) is 0 Å². The van der Waals surface area contributed by atoms with Gasteiger partial charge in [0.15, 0.2) is 0 Å². The fourth-order valence-electron chi connectivity index (χ4n) is 1.86. The number of hydrogen-bond donors (Lipinski definition) is 1. The molecule has 0 saturated carbocycles. The van der Waals surface area contributed by atoms with Crippen molar-refractivity contribution in [3.05, 3.63) is 42.5 Å². The Balaban J connectivity index is 2.29. The highest BCUT2D eigenvalue weighted by molar-refractivity contribution is 5.83. The van der Waals surface area contributed by atoms with E-state index in [1.165, 1.54) is 13.0 Å². The number of alkyl halides is 3. The lowest BCUT2D eigenvalue weighted by Gasteiger charge is -2.24. The molecular formula is C14H14F3NO. The number of rotatable bonds is 3. The Morgan fingerprint density at radius 3 is 2.26 bits per heavy atom. The van der Waals surface area contributed by atoms with E-state index in [0.29, 0.717) is 0 Å². The van der Waals surface area contributed by atoms with Gasteiger partial charge in [-0.2, -0.15) is 13.2 Å². The van der Waals surface area contributed by atoms with Crippen molar-refractivity contribution in [2.24, 2.45) is 5.73 Å². The topological polar surface area (TPSA) is 35.2 Å². The van der Waals surface area contributed by atoms with Gasteiger partial charge in [-0.05, 0) is 29.8 Å². The van der Waals surface area contributed by atoms with E-state index in [4.69, 9.17) is 10.5 Å². The van der Waals surface area contributed by atoms with Crippen molar-refractivity contribution < 1.29 is 17.9 Å². The molecule has 2 aromatic carbocycles. The molecule has 0 aliphatic rings. The van der Waals surface area contributed by atoms with Crippen LogP contribution in [0.15, 0.2) is 42.5 Å². The fourth-order valence-corrected chi connectivity index (χ4v) is 1.86. The van der Waals surface area contributed by atoms with Gasteiger partial charge in [0.25, 0.3) is 0 Å². The number of halogens is 3. The van der Waals surface area contributed by atoms with Crippen molar-refractivity contribution in [3.8, 4) is 5.75 Å². The molecular weight excluding hydrogens is 255 g/mol. The summed E-state index contributed by atoms with van der Waals surface area (Å²) in [7, 11) is 0. The highest BCUT2D eigenvalue weighted by Gasteiger charge is 2.44. The van der Waals surface area contributed by atoms with Crippen LogP contribution in [0.4, 0.5) is 13.2 Å². The molecule has 0 heterocycles. The third kappa shape index (κ3) is 3.17. The zero-order valence-electron chi connectivity index (χ0n) is 10.3. The number of ether oxygens (including phenoxy) is 1. The second kappa shape index (κ2) is 5.09. The van der Waals surface area contributed by atoms with E-state index in [0.717, 1.165) is 10.8 Å². The van der Waals surface area contributed by atoms with Gasteiger partial charge in [0, 0.05) is 6.04 Å². The molecule has 2 rings (SSSR count). The number of fused-ring (bicyclic) bond motifs is 1. The molecule has 0 amide bonds. The minimum Gasteiger partial charge on any atom is -0.479 e. The van der Waals surface area contributed by atoms with Crippen LogP contribution in [0.5, 0.6) is 5.75 Å². The molecule has 0 spiro atoms. The predicted octanol–water partition coefficient (Wildman–Crippen LogP) is 3.50. The predicted molar refractivity (Wildman–Crippen MR) is 68.1 cm³/mol. The number of benzene rings is 2. The summed E-state index contributed by atoms with van der Waals surface area (Å²) in [5, 5.41) is 1.77. The van der Waals surface area contributed by atoms with Crippen LogP contribution >= 0.6 is 0 Å². The Morgan fingerprint density at radius 2 is 1.68 bits per heavy atom. The summed E-state index contributed by atoms with van der Waals surface area (Å²) >= 11 is 0. The Hall–Kier alpha value is -1.75. The minimum absolute atomic E-state index is 0.165. The van der Waals surface area contributed by atoms with Gasteiger partial charge < -0.3 is 10.5 Å². The molecule has 0 aliphatic carbocycles. The molecule has 19 heavy (non-hydrogen) atoms. The van der Waals surface area contributed by atoms with Crippen LogP contribution in [0.2, 0.25) is 0 Å². The molecule has 0 radical (unpaired) electrons. The minimum atomic E-state index is -4.49. The maximum atomic E-state index is 12.8. The Kier molecular flexibility index (Phi) is 3.66. The maximum absolute atomic E-state index is 12.8. The monoisotopic (exact) mass is 269 g/mol. The van der Waals surface area contributed by atoms with Crippen molar-refractivity contribution in [3.63, 3.8) is 0 Å². The normalized spacial score (nSPS) is 15.2. The summed E-state index contributed by atoms with van der Waals surface area (Å²) in [6.45, 7) is 1.28. The Bertz CT molecular complexity index is 566. The van der Waals surface area contributed by atoms with Crippen molar-refractivity contribution in [2.45, 2.75) is 25.2 Å². The summed E-state index contributed by atoms with van der Waals surface area (Å²) < 4.78 is 43.3. The van der Waals surface area contributed by atoms with E-state index < -0.39 is 18.3 Å². The van der Waals surface area contributed by atoms with E-state index >= 15 is 0 Å². The largest absolute Gasteiger partial charge is 0.479 e. The average molecular weight is 269 g/mol. The van der Waals surface area contributed by atoms with Gasteiger partial charge in [0.2, 0.25) is 6.10 Å². The first kappa shape index (κ1) is 13.7. The highest BCUT2D eigenvalue weighted by atomic mass is 19.4. The molecule has 102 valence electrons. The van der Waals surface area contributed by atoms with Gasteiger partial charge in [-0.3, -0.25) is 0 Å². The van der Waals surface area contributed by atoms with Crippen molar-refractivity contribution >= 4 is 10.8 Å². The molecule has 0 bridgehead atoms. The smallest absolute Gasteiger partial charge is 0.426 e. The van der Waals surface area contributed by atoms with Gasteiger partial charge in [-0.25, -0.2) is 0 Å². The summed E-state index contributed by atoms with van der Waals surface area (Å²) in [4.78, 5) is 0. The number of nitrogens with two attached hydrogens (primary N) is 1. The van der Waals surface area contributed by atoms with Gasteiger partial charge in [-0.1, -0.05) is 30.3 Å². The van der Waals surface area contributed by atoms with Gasteiger partial charge in [0.1, 0.15) is 5.75 Å². The standard InChI is InChI=1S/C14H14F3NO/c1-9(18)13(14(15,16)17)19-12-7-6-10-4-2-3-5-11(10)8-12/h2-9,13H,18H2,1H3. The Morgan fingerprint density at radius 1 is 1.05 bits per heavy atom. The fraction of sp³-hybridized carbons (Fsp3) is 0.286. The van der Waals surface area contributed by atoms with Gasteiger partial charge in [-0.15, -0.1) is 0 Å². The molecule has 2 atom stereocenters. The lowest BCUT2D eigenvalue weighted by molar-refractivity contribution is -0.199. The summed E-state index contributed by atoms with van der Waals surface area (Å²) in [6, 6.07) is 11.1. The zero-order valence-corrected chi connectivity index (χ0v) is 10.3. The second-order valence-electron chi connectivity index (χ2n) is 4.45. The quantitative estimate of drug-likeness (QED) is 0.925. The maximum Gasteiger partial charge on any atom is 0.426 e. The third-order valence-electron chi connectivity index (χ3n) is 2.78. The van der Waals surface area contributed by atoms with Crippen LogP contribution in [0, 0.1) is 0 Å². The lowest BCUT2D eigenvalue weighted by Crippen LogP contribution is -2.47. The van der Waals surface area contributed by atoms with Crippen LogP contribution in [0.3, 0.4) is 0 Å². The first-order chi connectivity index (χ1) is 8.88. The van der Waals surface area contributed by atoms with Crippen molar-refractivity contribution in [1.29, 1.82) is 0 Å². The van der Waals surface area contributed by atoms with Crippen LogP contribution in [0.1, 0.15) is 6.92 Å². The molecule has 2 unspecified atom stereocenters. The van der Waals surface area contributed by atoms with E-state index in [2.05, 4.69) is 0 Å². The summed E-state index contributed by atoms with van der Waals surface area (Å²) in [5.41, 5.74) is 5.34. The summed E-state index contributed by atoms with van der Waals surface area (Å²) in [6.07, 6.45) is -6.49. The number of hydrogen-bond acceptors (Lipinski definition) is 2. The molecule has 2 aromatic rings. The van der Waals surface area contributed by atoms with E-state index in [1.807, 2.05) is 24.3 Å². The van der Waals surface area contributed by atoms with Crippen LogP contribution in [0.25, 0.3) is 10.8 Å². The van der Waals surface area contributed by atoms with Crippen molar-refractivity contribution in [1.82, 2.24) is 0 Å². The average Bonchev–Trinajstić information content (AvgIpc) is 2.34. The third-order valence-corrected chi connectivity index (χ3v) is 2.78. The Labute approximate surface area is 109 Å². The van der Waals surface area contributed by atoms with E-state index in [9.17, 15) is 13.2 Å².